The summed E-state index contributed by atoms with van der Waals surface area (Å²) >= 11 is 11.8. The molecule has 1 N–H and O–H groups in total. The first-order valence-corrected chi connectivity index (χ1v) is 11.7. The Morgan fingerprint density at radius 2 is 1.69 bits per heavy atom. The summed E-state index contributed by atoms with van der Waals surface area (Å²) in [5, 5.41) is 4.12. The minimum atomic E-state index is -0.299. The molecule has 11 nitrogen and oxygen atoms in total. The zero-order valence-electron chi connectivity index (χ0n) is 20.1. The molecular weight excluding hydrogens is 510 g/mol. The van der Waals surface area contributed by atoms with Crippen LogP contribution in [0.5, 0.6) is 29.5 Å². The Morgan fingerprint density at radius 3 is 2.28 bits per heavy atom. The van der Waals surface area contributed by atoms with Gasteiger partial charge in [0.1, 0.15) is 37.4 Å². The third-order valence-corrected chi connectivity index (χ3v) is 5.43. The highest BCUT2D eigenvalue weighted by atomic mass is 35.5. The van der Waals surface area contributed by atoms with E-state index in [1.807, 2.05) is 4.90 Å². The van der Waals surface area contributed by atoms with Crippen molar-refractivity contribution in [1.82, 2.24) is 19.9 Å². The van der Waals surface area contributed by atoms with Crippen LogP contribution in [0.4, 0.5) is 5.69 Å². The maximum absolute atomic E-state index is 6.19. The number of ether oxygens (including phenoxy) is 6. The van der Waals surface area contributed by atoms with E-state index in [1.54, 1.807) is 31.4 Å². The van der Waals surface area contributed by atoms with E-state index < -0.39 is 0 Å². The molecule has 1 aromatic heterocycles. The van der Waals surface area contributed by atoms with Crippen LogP contribution in [0.25, 0.3) is 0 Å². The number of aromatic nitrogens is 3. The third-order valence-electron chi connectivity index (χ3n) is 4.77. The summed E-state index contributed by atoms with van der Waals surface area (Å²) in [6, 6.07) is 3.55. The van der Waals surface area contributed by atoms with Crippen molar-refractivity contribution >= 4 is 34.6 Å². The molecule has 2 aromatic rings. The molecule has 0 saturated carbocycles. The molecule has 1 saturated heterocycles. The average molecular weight is 538 g/mol. The highest BCUT2D eigenvalue weighted by Gasteiger charge is 2.24. The molecule has 0 aliphatic carbocycles. The van der Waals surface area contributed by atoms with Gasteiger partial charge in [-0.2, -0.15) is 0 Å². The molecule has 1 unspecified atom stereocenters. The molecule has 1 fully saturated rings. The minimum absolute atomic E-state index is 0.0440. The number of morpholine rings is 1. The fourth-order valence-corrected chi connectivity index (χ4v) is 3.61. The second-order valence-electron chi connectivity index (χ2n) is 7.25. The van der Waals surface area contributed by atoms with Gasteiger partial charge in [-0.1, -0.05) is 36.9 Å². The number of nitrogens with zero attached hydrogens (tertiary/aromatic N) is 4. The van der Waals surface area contributed by atoms with Crippen LogP contribution in [-0.4, -0.2) is 84.8 Å². The molecule has 3 rings (SSSR count). The predicted molar refractivity (Wildman–Crippen MR) is 139 cm³/mol. The van der Waals surface area contributed by atoms with E-state index in [4.69, 9.17) is 52.2 Å². The molecule has 13 heteroatoms. The molecule has 36 heavy (non-hydrogen) atoms. The first kappa shape index (κ1) is 27.2. The van der Waals surface area contributed by atoms with Gasteiger partial charge >= 0.3 is 18.0 Å². The smallest absolute Gasteiger partial charge is 0.326 e. The Bertz CT molecular complexity index is 1050. The topological polar surface area (TPSA) is 109 Å². The summed E-state index contributed by atoms with van der Waals surface area (Å²) in [5.41, 5.74) is 0.632. The van der Waals surface area contributed by atoms with Gasteiger partial charge < -0.3 is 38.6 Å². The lowest BCUT2D eigenvalue weighted by atomic mass is 10.2. The van der Waals surface area contributed by atoms with Gasteiger partial charge in [-0.25, -0.2) is 0 Å². The van der Waals surface area contributed by atoms with E-state index >= 15 is 0 Å². The van der Waals surface area contributed by atoms with Crippen molar-refractivity contribution in [2.45, 2.75) is 6.10 Å². The number of methoxy groups -OCH3 is 2. The molecule has 1 atom stereocenters. The number of nitrogens with one attached hydrogen (secondary N) is 1. The van der Waals surface area contributed by atoms with Crippen LogP contribution in [0.1, 0.15) is 0 Å². The Morgan fingerprint density at radius 1 is 1.08 bits per heavy atom. The Balaban J connectivity index is 1.62. The summed E-state index contributed by atoms with van der Waals surface area (Å²) in [5.74, 6) is 1.04. The van der Waals surface area contributed by atoms with Crippen LogP contribution in [0.2, 0.25) is 5.02 Å². The highest BCUT2D eigenvalue weighted by molar-refractivity contribution is 7.80. The summed E-state index contributed by atoms with van der Waals surface area (Å²) in [6.45, 7) is 9.36. The van der Waals surface area contributed by atoms with Crippen LogP contribution in [0.3, 0.4) is 0 Å². The van der Waals surface area contributed by atoms with Gasteiger partial charge in [0.15, 0.2) is 5.11 Å². The Labute approximate surface area is 220 Å². The quantitative estimate of drug-likeness (QED) is 0.317. The Kier molecular flexibility index (Phi) is 10.3. The van der Waals surface area contributed by atoms with E-state index in [0.29, 0.717) is 47.0 Å². The maximum atomic E-state index is 6.19. The molecule has 194 valence electrons. The standard InChI is InChI=1S/C23H28ClN5O6S/c1-5-8-33-20-26-21(34-9-6-2)28-22(27-20)35-14-15-13-29(7-10-32-15)23(36)25-17-12-18(30-3)16(24)11-19(17)31-4/h5-6,11-12,15H,1-2,7-10,13-14H2,3-4H3,(H,25,36). The van der Waals surface area contributed by atoms with Crippen molar-refractivity contribution < 1.29 is 28.4 Å². The predicted octanol–water partition coefficient (Wildman–Crippen LogP) is 3.15. The van der Waals surface area contributed by atoms with Gasteiger partial charge in [0.05, 0.1) is 31.5 Å². The van der Waals surface area contributed by atoms with Crippen LogP contribution in [0.15, 0.2) is 37.4 Å². The van der Waals surface area contributed by atoms with Crippen molar-refractivity contribution in [3.63, 3.8) is 0 Å². The number of thiocarbonyl (C=S) groups is 1. The SMILES string of the molecule is C=CCOc1nc(OCC=C)nc(OCC2CN(C(=S)Nc3cc(OC)c(Cl)cc3OC)CCO2)n1. The van der Waals surface area contributed by atoms with E-state index in [2.05, 4.69) is 33.4 Å². The molecule has 1 aromatic carbocycles. The second kappa shape index (κ2) is 13.7. The Hall–Kier alpha value is -3.35. The van der Waals surface area contributed by atoms with Gasteiger partial charge in [-0.05, 0) is 12.2 Å². The van der Waals surface area contributed by atoms with Crippen molar-refractivity contribution in [3.05, 3.63) is 42.5 Å². The lowest BCUT2D eigenvalue weighted by Gasteiger charge is -2.34. The van der Waals surface area contributed by atoms with E-state index in [0.717, 1.165) is 0 Å². The van der Waals surface area contributed by atoms with Gasteiger partial charge in [0, 0.05) is 25.2 Å². The van der Waals surface area contributed by atoms with Crippen molar-refractivity contribution in [1.29, 1.82) is 0 Å². The molecule has 0 radical (unpaired) electrons. The van der Waals surface area contributed by atoms with E-state index in [9.17, 15) is 0 Å². The number of halogens is 1. The van der Waals surface area contributed by atoms with Gasteiger partial charge in [-0.3, -0.25) is 0 Å². The first-order valence-electron chi connectivity index (χ1n) is 10.9. The van der Waals surface area contributed by atoms with Gasteiger partial charge in [0.25, 0.3) is 0 Å². The van der Waals surface area contributed by atoms with E-state index in [-0.39, 0.29) is 44.0 Å². The van der Waals surface area contributed by atoms with Crippen molar-refractivity contribution in [2.75, 3.05) is 59.1 Å². The van der Waals surface area contributed by atoms with E-state index in [1.165, 1.54) is 7.11 Å². The summed E-state index contributed by atoms with van der Waals surface area (Å²) in [6.07, 6.45) is 2.85. The fourth-order valence-electron chi connectivity index (χ4n) is 3.11. The third kappa shape index (κ3) is 7.57. The minimum Gasteiger partial charge on any atom is -0.495 e. The average Bonchev–Trinajstić information content (AvgIpc) is 2.90. The molecule has 0 amide bonds. The lowest BCUT2D eigenvalue weighted by Crippen LogP contribution is -2.49. The molecule has 0 spiro atoms. The lowest BCUT2D eigenvalue weighted by molar-refractivity contribution is -0.0298. The number of rotatable bonds is 12. The van der Waals surface area contributed by atoms with Crippen LogP contribution in [-0.2, 0) is 4.74 Å². The largest absolute Gasteiger partial charge is 0.495 e. The zero-order chi connectivity index (χ0) is 25.9. The molecule has 1 aliphatic rings. The van der Waals surface area contributed by atoms with Crippen LogP contribution in [0, 0.1) is 0 Å². The maximum Gasteiger partial charge on any atom is 0.326 e. The molecule has 1 aliphatic heterocycles. The van der Waals surface area contributed by atoms with Crippen LogP contribution < -0.4 is 29.0 Å². The normalized spacial score (nSPS) is 15.0. The monoisotopic (exact) mass is 537 g/mol. The van der Waals surface area contributed by atoms with Gasteiger partial charge in [-0.15, -0.1) is 15.0 Å². The molecular formula is C23H28ClN5O6S. The highest BCUT2D eigenvalue weighted by Crippen LogP contribution is 2.36. The molecule has 2 heterocycles. The second-order valence-corrected chi connectivity index (χ2v) is 8.04. The molecule has 0 bridgehead atoms. The summed E-state index contributed by atoms with van der Waals surface area (Å²) in [7, 11) is 3.09. The van der Waals surface area contributed by atoms with Crippen molar-refractivity contribution in [3.8, 4) is 29.5 Å². The van der Waals surface area contributed by atoms with Crippen molar-refractivity contribution in [2.24, 2.45) is 0 Å². The number of hydrogen-bond donors (Lipinski definition) is 1. The zero-order valence-corrected chi connectivity index (χ0v) is 21.6. The van der Waals surface area contributed by atoms with Gasteiger partial charge in [0.2, 0.25) is 0 Å². The fraction of sp³-hybridized carbons (Fsp3) is 0.391. The summed E-state index contributed by atoms with van der Waals surface area (Å²) < 4.78 is 33.1. The number of hydrogen-bond acceptors (Lipinski definition) is 10. The first-order chi connectivity index (χ1) is 17.5. The summed E-state index contributed by atoms with van der Waals surface area (Å²) in [4.78, 5) is 14.3. The number of anilines is 1. The van der Waals surface area contributed by atoms with Crippen LogP contribution >= 0.6 is 23.8 Å². The number of benzene rings is 1.